The Labute approximate surface area is 194 Å². The maximum Gasteiger partial charge on any atom is 0.269 e. The maximum atomic E-state index is 14.3. The van der Waals surface area contributed by atoms with Gasteiger partial charge in [-0.2, -0.15) is 10.2 Å². The highest BCUT2D eigenvalue weighted by molar-refractivity contribution is 6.09. The van der Waals surface area contributed by atoms with E-state index < -0.39 is 17.3 Å². The number of halogens is 1. The van der Waals surface area contributed by atoms with Crippen LogP contribution in [-0.4, -0.2) is 15.3 Å². The molecule has 0 atom stereocenters. The Bertz CT molecular complexity index is 1530. The van der Waals surface area contributed by atoms with Gasteiger partial charge >= 0.3 is 0 Å². The Morgan fingerprint density at radius 3 is 2.56 bits per heavy atom. The van der Waals surface area contributed by atoms with Gasteiger partial charge in [-0.05, 0) is 55.8 Å². The molecule has 0 radical (unpaired) electrons. The molecule has 1 N–H and O–H groups in total. The van der Waals surface area contributed by atoms with Gasteiger partial charge in [-0.15, -0.1) is 0 Å². The summed E-state index contributed by atoms with van der Waals surface area (Å²) in [5.74, 6) is -1.73. The second-order valence-corrected chi connectivity index (χ2v) is 7.54. The SMILES string of the molecule is Cc1ccc(NC(=O)C(C#N)=Cc2c(Oc3ccccc3F)nc3c(C)cccn3c2=O)cc1. The molecule has 0 saturated carbocycles. The number of nitriles is 1. The molecule has 4 aromatic rings. The Morgan fingerprint density at radius 2 is 1.85 bits per heavy atom. The van der Waals surface area contributed by atoms with Gasteiger partial charge < -0.3 is 10.1 Å². The van der Waals surface area contributed by atoms with Crippen molar-refractivity contribution in [1.82, 2.24) is 9.38 Å². The topological polar surface area (TPSA) is 96.5 Å². The van der Waals surface area contributed by atoms with Crippen molar-refractivity contribution in [3.63, 3.8) is 0 Å². The van der Waals surface area contributed by atoms with Crippen LogP contribution in [0.3, 0.4) is 0 Å². The molecule has 0 unspecified atom stereocenters. The number of nitrogens with zero attached hydrogens (tertiary/aromatic N) is 3. The predicted octanol–water partition coefficient (Wildman–Crippen LogP) is 4.79. The van der Waals surface area contributed by atoms with Crippen molar-refractivity contribution < 1.29 is 13.9 Å². The molecule has 0 saturated heterocycles. The monoisotopic (exact) mass is 454 g/mol. The van der Waals surface area contributed by atoms with Crippen LogP contribution in [0.4, 0.5) is 10.1 Å². The van der Waals surface area contributed by atoms with Crippen LogP contribution in [0.15, 0.2) is 77.2 Å². The maximum absolute atomic E-state index is 14.3. The van der Waals surface area contributed by atoms with Gasteiger partial charge in [0.05, 0.1) is 0 Å². The van der Waals surface area contributed by atoms with Crippen LogP contribution in [0.1, 0.15) is 16.7 Å². The lowest BCUT2D eigenvalue weighted by molar-refractivity contribution is -0.112. The summed E-state index contributed by atoms with van der Waals surface area (Å²) in [5.41, 5.74) is 1.41. The number of carbonyl (C=O) groups excluding carboxylic acids is 1. The van der Waals surface area contributed by atoms with E-state index in [0.29, 0.717) is 16.9 Å². The molecule has 4 rings (SSSR count). The second kappa shape index (κ2) is 9.38. The largest absolute Gasteiger partial charge is 0.435 e. The lowest BCUT2D eigenvalue weighted by Crippen LogP contribution is -2.20. The summed E-state index contributed by atoms with van der Waals surface area (Å²) in [4.78, 5) is 30.5. The van der Waals surface area contributed by atoms with Gasteiger partial charge in [0.2, 0.25) is 5.88 Å². The fourth-order valence-corrected chi connectivity index (χ4v) is 3.25. The molecule has 0 fully saturated rings. The van der Waals surface area contributed by atoms with Gasteiger partial charge in [0, 0.05) is 11.9 Å². The summed E-state index contributed by atoms with van der Waals surface area (Å²) < 4.78 is 21.2. The van der Waals surface area contributed by atoms with E-state index in [1.54, 1.807) is 37.3 Å². The van der Waals surface area contributed by atoms with Crippen LogP contribution in [0.25, 0.3) is 11.7 Å². The summed E-state index contributed by atoms with van der Waals surface area (Å²) in [5, 5.41) is 12.3. The zero-order chi connectivity index (χ0) is 24.2. The number of aromatic nitrogens is 2. The third kappa shape index (κ3) is 4.54. The lowest BCUT2D eigenvalue weighted by Gasteiger charge is -2.12. The number of ether oxygens (including phenoxy) is 1. The van der Waals surface area contributed by atoms with Crippen LogP contribution in [0.2, 0.25) is 0 Å². The van der Waals surface area contributed by atoms with Crippen molar-refractivity contribution in [1.29, 1.82) is 5.26 Å². The Morgan fingerprint density at radius 1 is 1.12 bits per heavy atom. The standard InChI is InChI=1S/C26H19FN4O3/c1-16-9-11-19(12-10-16)29-24(32)18(15-28)14-20-25(34-22-8-4-3-7-21(22)27)30-23-17(2)6-5-13-31(23)26(20)33/h3-14H,1-2H3,(H,29,32). The summed E-state index contributed by atoms with van der Waals surface area (Å²) in [6.07, 6.45) is 2.62. The summed E-state index contributed by atoms with van der Waals surface area (Å²) in [6.45, 7) is 3.67. The van der Waals surface area contributed by atoms with Crippen LogP contribution < -0.4 is 15.6 Å². The predicted molar refractivity (Wildman–Crippen MR) is 126 cm³/mol. The van der Waals surface area contributed by atoms with E-state index in [1.807, 2.05) is 25.1 Å². The first kappa shape index (κ1) is 22.4. The molecule has 0 aliphatic carbocycles. The van der Waals surface area contributed by atoms with Crippen molar-refractivity contribution in [3.05, 3.63) is 105 Å². The second-order valence-electron chi connectivity index (χ2n) is 7.54. The van der Waals surface area contributed by atoms with Gasteiger partial charge in [-0.25, -0.2) is 4.39 Å². The molecule has 2 aromatic heterocycles. The van der Waals surface area contributed by atoms with Crippen molar-refractivity contribution in [2.45, 2.75) is 13.8 Å². The minimum Gasteiger partial charge on any atom is -0.435 e. The molecule has 168 valence electrons. The van der Waals surface area contributed by atoms with E-state index in [-0.39, 0.29) is 22.8 Å². The Kier molecular flexibility index (Phi) is 6.19. The van der Waals surface area contributed by atoms with E-state index in [1.165, 1.54) is 28.8 Å². The number of rotatable bonds is 5. The van der Waals surface area contributed by atoms with Gasteiger partial charge in [0.1, 0.15) is 22.9 Å². The molecule has 0 aliphatic rings. The molecular formula is C26H19FN4O3. The average Bonchev–Trinajstić information content (AvgIpc) is 2.82. The van der Waals surface area contributed by atoms with Crippen LogP contribution >= 0.6 is 0 Å². The normalized spacial score (nSPS) is 11.2. The highest BCUT2D eigenvalue weighted by Gasteiger charge is 2.19. The fraction of sp³-hybridized carbons (Fsp3) is 0.0769. The first-order valence-electron chi connectivity index (χ1n) is 10.3. The molecule has 34 heavy (non-hydrogen) atoms. The number of amides is 1. The van der Waals surface area contributed by atoms with Crippen molar-refractivity contribution in [2.24, 2.45) is 0 Å². The average molecular weight is 454 g/mol. The molecule has 7 nitrogen and oxygen atoms in total. The number of benzene rings is 2. The molecular weight excluding hydrogens is 435 g/mol. The quantitative estimate of drug-likeness (QED) is 0.346. The number of carbonyl (C=O) groups is 1. The molecule has 0 aliphatic heterocycles. The van der Waals surface area contributed by atoms with Crippen molar-refractivity contribution in [2.75, 3.05) is 5.32 Å². The zero-order valence-electron chi connectivity index (χ0n) is 18.4. The molecule has 0 bridgehead atoms. The Balaban J connectivity index is 1.84. The molecule has 2 aromatic carbocycles. The highest BCUT2D eigenvalue weighted by atomic mass is 19.1. The molecule has 0 spiro atoms. The molecule has 8 heteroatoms. The minimum atomic E-state index is -0.711. The van der Waals surface area contributed by atoms with E-state index >= 15 is 0 Å². The molecule has 2 heterocycles. The van der Waals surface area contributed by atoms with Gasteiger partial charge in [-0.1, -0.05) is 35.9 Å². The van der Waals surface area contributed by atoms with E-state index in [4.69, 9.17) is 4.74 Å². The number of nitrogens with one attached hydrogen (secondary N) is 1. The van der Waals surface area contributed by atoms with Gasteiger partial charge in [0.15, 0.2) is 11.6 Å². The van der Waals surface area contributed by atoms with Gasteiger partial charge in [0.25, 0.3) is 11.5 Å². The van der Waals surface area contributed by atoms with Gasteiger partial charge in [-0.3, -0.25) is 14.0 Å². The zero-order valence-corrected chi connectivity index (χ0v) is 18.4. The first-order chi connectivity index (χ1) is 16.4. The van der Waals surface area contributed by atoms with Crippen molar-refractivity contribution in [3.8, 4) is 17.7 Å². The fourth-order valence-electron chi connectivity index (χ4n) is 3.25. The van der Waals surface area contributed by atoms with E-state index in [0.717, 1.165) is 11.6 Å². The van der Waals surface area contributed by atoms with Crippen LogP contribution in [0.5, 0.6) is 11.6 Å². The summed E-state index contributed by atoms with van der Waals surface area (Å²) in [6, 6.07) is 17.9. The number of aryl methyl sites for hydroxylation is 2. The highest BCUT2D eigenvalue weighted by Crippen LogP contribution is 2.26. The summed E-state index contributed by atoms with van der Waals surface area (Å²) >= 11 is 0. The number of hydrogen-bond donors (Lipinski definition) is 1. The number of para-hydroxylation sites is 1. The van der Waals surface area contributed by atoms with Crippen molar-refractivity contribution >= 4 is 23.3 Å². The number of pyridine rings is 1. The number of hydrogen-bond acceptors (Lipinski definition) is 5. The third-order valence-corrected chi connectivity index (χ3v) is 5.06. The number of anilines is 1. The molecule has 1 amide bonds. The van der Waals surface area contributed by atoms with E-state index in [9.17, 15) is 19.2 Å². The Hall–Kier alpha value is -4.77. The van der Waals surface area contributed by atoms with E-state index in [2.05, 4.69) is 10.3 Å². The lowest BCUT2D eigenvalue weighted by atomic mass is 10.1. The van der Waals surface area contributed by atoms with Crippen LogP contribution in [0, 0.1) is 31.0 Å². The first-order valence-corrected chi connectivity index (χ1v) is 10.3. The third-order valence-electron chi connectivity index (χ3n) is 5.06. The minimum absolute atomic E-state index is 0.149. The smallest absolute Gasteiger partial charge is 0.269 e. The summed E-state index contributed by atoms with van der Waals surface area (Å²) in [7, 11) is 0. The van der Waals surface area contributed by atoms with Crippen LogP contribution in [-0.2, 0) is 4.79 Å². The number of fused-ring (bicyclic) bond motifs is 1.